The van der Waals surface area contributed by atoms with Crippen molar-refractivity contribution in [2.24, 2.45) is 0 Å². The van der Waals surface area contributed by atoms with E-state index in [9.17, 15) is 5.11 Å². The number of halogens is 1. The third kappa shape index (κ3) is 2.37. The van der Waals surface area contributed by atoms with Crippen molar-refractivity contribution < 1.29 is 5.11 Å². The molecule has 0 saturated heterocycles. The minimum Gasteiger partial charge on any atom is -0.508 e. The van der Waals surface area contributed by atoms with E-state index in [1.807, 2.05) is 32.0 Å². The second kappa shape index (κ2) is 4.18. The van der Waals surface area contributed by atoms with Crippen LogP contribution in [0.3, 0.4) is 0 Å². The number of hydrogen-bond donors (Lipinski definition) is 1. The second-order valence-corrected chi connectivity index (χ2v) is 4.51. The number of rotatable bonds is 1. The van der Waals surface area contributed by atoms with E-state index in [2.05, 4.69) is 6.07 Å². The molecular formula is C14H13ClO. The van der Waals surface area contributed by atoms with E-state index < -0.39 is 0 Å². The molecule has 2 rings (SSSR count). The van der Waals surface area contributed by atoms with Crippen LogP contribution in [0.4, 0.5) is 0 Å². The zero-order valence-corrected chi connectivity index (χ0v) is 10.0. The molecule has 0 atom stereocenters. The Morgan fingerprint density at radius 1 is 0.812 bits per heavy atom. The summed E-state index contributed by atoms with van der Waals surface area (Å²) in [4.78, 5) is 0. The topological polar surface area (TPSA) is 20.2 Å². The van der Waals surface area contributed by atoms with Crippen molar-refractivity contribution in [1.82, 2.24) is 0 Å². The van der Waals surface area contributed by atoms with Gasteiger partial charge < -0.3 is 5.11 Å². The summed E-state index contributed by atoms with van der Waals surface area (Å²) in [5.41, 5.74) is 4.17. The fraction of sp³-hybridized carbons (Fsp3) is 0.143. The minimum atomic E-state index is 0.285. The lowest BCUT2D eigenvalue weighted by Gasteiger charge is -2.06. The maximum Gasteiger partial charge on any atom is 0.116 e. The van der Waals surface area contributed by atoms with Crippen LogP contribution in [-0.4, -0.2) is 5.11 Å². The van der Waals surface area contributed by atoms with Crippen LogP contribution in [0.5, 0.6) is 5.75 Å². The molecule has 0 radical (unpaired) electrons. The minimum absolute atomic E-state index is 0.285. The van der Waals surface area contributed by atoms with E-state index in [4.69, 9.17) is 11.6 Å². The largest absolute Gasteiger partial charge is 0.508 e. The Morgan fingerprint density at radius 2 is 1.38 bits per heavy atom. The molecule has 0 aliphatic carbocycles. The monoisotopic (exact) mass is 232 g/mol. The van der Waals surface area contributed by atoms with Crippen LogP contribution in [0.2, 0.25) is 5.02 Å². The summed E-state index contributed by atoms with van der Waals surface area (Å²) in [5.74, 6) is 0.285. The molecular weight excluding hydrogens is 220 g/mol. The molecule has 0 amide bonds. The molecule has 0 saturated carbocycles. The lowest BCUT2D eigenvalue weighted by atomic mass is 10.0. The Hall–Kier alpha value is -1.47. The highest BCUT2D eigenvalue weighted by atomic mass is 35.5. The average molecular weight is 233 g/mol. The normalized spacial score (nSPS) is 10.4. The zero-order valence-electron chi connectivity index (χ0n) is 9.29. The van der Waals surface area contributed by atoms with Crippen molar-refractivity contribution >= 4 is 11.6 Å². The lowest BCUT2D eigenvalue weighted by Crippen LogP contribution is -1.82. The van der Waals surface area contributed by atoms with E-state index in [1.54, 1.807) is 12.1 Å². The van der Waals surface area contributed by atoms with Crippen molar-refractivity contribution in [1.29, 1.82) is 0 Å². The summed E-state index contributed by atoms with van der Waals surface area (Å²) in [5, 5.41) is 10.3. The highest BCUT2D eigenvalue weighted by molar-refractivity contribution is 6.30. The van der Waals surface area contributed by atoms with Gasteiger partial charge in [-0.25, -0.2) is 0 Å². The Kier molecular flexibility index (Phi) is 2.88. The molecule has 16 heavy (non-hydrogen) atoms. The molecule has 2 aromatic rings. The molecule has 1 N–H and O–H groups in total. The molecule has 0 aliphatic rings. The number of phenolic OH excluding ortho intramolecular Hbond substituents is 1. The summed E-state index contributed by atoms with van der Waals surface area (Å²) in [6.45, 7) is 3.96. The van der Waals surface area contributed by atoms with E-state index in [-0.39, 0.29) is 5.75 Å². The standard InChI is InChI=1S/C14H13ClO/c1-9-3-11(7-13(15)5-9)12-4-10(2)6-14(16)8-12/h3-8,16H,1-2H3. The van der Waals surface area contributed by atoms with Crippen LogP contribution in [0.1, 0.15) is 11.1 Å². The lowest BCUT2D eigenvalue weighted by molar-refractivity contribution is 0.475. The molecule has 2 heteroatoms. The van der Waals surface area contributed by atoms with Crippen LogP contribution in [0, 0.1) is 13.8 Å². The van der Waals surface area contributed by atoms with Crippen LogP contribution in [0.15, 0.2) is 36.4 Å². The summed E-state index contributed by atoms with van der Waals surface area (Å²) >= 11 is 6.02. The van der Waals surface area contributed by atoms with Gasteiger partial charge in [0.25, 0.3) is 0 Å². The number of aromatic hydroxyl groups is 1. The first kappa shape index (κ1) is 11.0. The van der Waals surface area contributed by atoms with Crippen molar-refractivity contribution in [3.05, 3.63) is 52.5 Å². The second-order valence-electron chi connectivity index (χ2n) is 4.07. The van der Waals surface area contributed by atoms with Crippen LogP contribution >= 0.6 is 11.6 Å². The molecule has 0 unspecified atom stereocenters. The van der Waals surface area contributed by atoms with Gasteiger partial charge in [-0.2, -0.15) is 0 Å². The third-order valence-corrected chi connectivity index (χ3v) is 2.66. The average Bonchev–Trinajstić information content (AvgIpc) is 2.14. The van der Waals surface area contributed by atoms with Crippen molar-refractivity contribution in [2.45, 2.75) is 13.8 Å². The molecule has 0 aromatic heterocycles. The van der Waals surface area contributed by atoms with Gasteiger partial charge in [-0.05, 0) is 60.4 Å². The number of benzene rings is 2. The third-order valence-electron chi connectivity index (χ3n) is 2.44. The fourth-order valence-electron chi connectivity index (χ4n) is 1.83. The number of phenols is 1. The molecule has 2 aromatic carbocycles. The quantitative estimate of drug-likeness (QED) is 0.776. The van der Waals surface area contributed by atoms with Gasteiger partial charge in [-0.15, -0.1) is 0 Å². The van der Waals surface area contributed by atoms with Crippen molar-refractivity contribution in [3.63, 3.8) is 0 Å². The summed E-state index contributed by atoms with van der Waals surface area (Å²) in [6, 6.07) is 11.4. The van der Waals surface area contributed by atoms with E-state index >= 15 is 0 Å². The van der Waals surface area contributed by atoms with Gasteiger partial charge in [-0.1, -0.05) is 23.7 Å². The predicted molar refractivity (Wildman–Crippen MR) is 68.0 cm³/mol. The smallest absolute Gasteiger partial charge is 0.116 e. The molecule has 0 spiro atoms. The van der Waals surface area contributed by atoms with Gasteiger partial charge >= 0.3 is 0 Å². The van der Waals surface area contributed by atoms with Gasteiger partial charge in [0.15, 0.2) is 0 Å². The maximum atomic E-state index is 9.56. The molecule has 0 heterocycles. The Labute approximate surface area is 100 Å². The number of hydrogen-bond acceptors (Lipinski definition) is 1. The van der Waals surface area contributed by atoms with E-state index in [1.165, 1.54) is 0 Å². The summed E-state index contributed by atoms with van der Waals surface area (Å²) in [6.07, 6.45) is 0. The Morgan fingerprint density at radius 3 is 1.94 bits per heavy atom. The number of aryl methyl sites for hydroxylation is 2. The van der Waals surface area contributed by atoms with Gasteiger partial charge in [0.2, 0.25) is 0 Å². The summed E-state index contributed by atoms with van der Waals surface area (Å²) < 4.78 is 0. The Bertz CT molecular complexity index is 442. The zero-order chi connectivity index (χ0) is 11.7. The van der Waals surface area contributed by atoms with Gasteiger partial charge in [0, 0.05) is 5.02 Å². The predicted octanol–water partition coefficient (Wildman–Crippen LogP) is 4.33. The van der Waals surface area contributed by atoms with Crippen LogP contribution in [-0.2, 0) is 0 Å². The molecule has 1 nitrogen and oxygen atoms in total. The van der Waals surface area contributed by atoms with Crippen LogP contribution in [0.25, 0.3) is 11.1 Å². The first-order valence-corrected chi connectivity index (χ1v) is 5.50. The van der Waals surface area contributed by atoms with Gasteiger partial charge in [0.1, 0.15) is 5.75 Å². The fourth-order valence-corrected chi connectivity index (χ4v) is 2.12. The summed E-state index contributed by atoms with van der Waals surface area (Å²) in [7, 11) is 0. The molecule has 0 aliphatic heterocycles. The van der Waals surface area contributed by atoms with Crippen LogP contribution < -0.4 is 0 Å². The maximum absolute atomic E-state index is 9.56. The molecule has 82 valence electrons. The van der Waals surface area contributed by atoms with E-state index in [0.717, 1.165) is 27.3 Å². The molecule has 0 bridgehead atoms. The first-order valence-electron chi connectivity index (χ1n) is 5.13. The highest BCUT2D eigenvalue weighted by Crippen LogP contribution is 2.28. The van der Waals surface area contributed by atoms with E-state index in [0.29, 0.717) is 0 Å². The van der Waals surface area contributed by atoms with Gasteiger partial charge in [0.05, 0.1) is 0 Å². The first-order chi connectivity index (χ1) is 7.54. The molecule has 0 fully saturated rings. The van der Waals surface area contributed by atoms with Crippen molar-refractivity contribution in [2.75, 3.05) is 0 Å². The van der Waals surface area contributed by atoms with Crippen molar-refractivity contribution in [3.8, 4) is 16.9 Å². The SMILES string of the molecule is Cc1cc(O)cc(-c2cc(C)cc(Cl)c2)c1. The van der Waals surface area contributed by atoms with Gasteiger partial charge in [-0.3, -0.25) is 0 Å². The highest BCUT2D eigenvalue weighted by Gasteiger charge is 2.02. The Balaban J connectivity index is 2.57.